The molecule has 0 bridgehead atoms. The summed E-state index contributed by atoms with van der Waals surface area (Å²) >= 11 is 5.82. The number of likely N-dealkylation sites (tertiary alicyclic amines) is 1. The van der Waals surface area contributed by atoms with Crippen LogP contribution in [-0.4, -0.2) is 23.4 Å². The van der Waals surface area contributed by atoms with E-state index in [9.17, 15) is 9.18 Å². The molecule has 1 fully saturated rings. The zero-order chi connectivity index (χ0) is 12.6. The molecule has 92 valence electrons. The van der Waals surface area contributed by atoms with Crippen molar-refractivity contribution in [1.29, 1.82) is 0 Å². The van der Waals surface area contributed by atoms with E-state index in [1.54, 1.807) is 11.0 Å². The molecule has 5 heteroatoms. The summed E-state index contributed by atoms with van der Waals surface area (Å²) in [4.78, 5) is 13.4. The Morgan fingerprint density at radius 2 is 2.24 bits per heavy atom. The Bertz CT molecular complexity index is 432. The number of nitrogens with two attached hydrogens (primary N) is 1. The van der Waals surface area contributed by atoms with Crippen LogP contribution in [0.5, 0.6) is 0 Å². The van der Waals surface area contributed by atoms with Gasteiger partial charge in [0.25, 0.3) is 0 Å². The average molecular weight is 257 g/mol. The number of nitrogens with zero attached hydrogens (tertiary/aromatic N) is 1. The van der Waals surface area contributed by atoms with Crippen LogP contribution in [0.1, 0.15) is 24.9 Å². The van der Waals surface area contributed by atoms with E-state index in [0.717, 1.165) is 0 Å². The Morgan fingerprint density at radius 3 is 2.82 bits per heavy atom. The van der Waals surface area contributed by atoms with Gasteiger partial charge < -0.3 is 10.6 Å². The highest BCUT2D eigenvalue weighted by Gasteiger charge is 2.37. The Hall–Kier alpha value is -1.13. The van der Waals surface area contributed by atoms with E-state index in [2.05, 4.69) is 0 Å². The molecule has 1 aromatic carbocycles. The fraction of sp³-hybridized carbons (Fsp3) is 0.417. The average Bonchev–Trinajstić information content (AvgIpc) is 2.51. The van der Waals surface area contributed by atoms with Crippen LogP contribution in [0.15, 0.2) is 18.2 Å². The summed E-state index contributed by atoms with van der Waals surface area (Å²) in [5, 5.41) is 0.322. The van der Waals surface area contributed by atoms with Crippen LogP contribution in [0, 0.1) is 5.82 Å². The predicted molar refractivity (Wildman–Crippen MR) is 64.1 cm³/mol. The van der Waals surface area contributed by atoms with Crippen molar-refractivity contribution in [1.82, 2.24) is 4.90 Å². The quantitative estimate of drug-likeness (QED) is 0.881. The van der Waals surface area contributed by atoms with Crippen LogP contribution < -0.4 is 5.73 Å². The number of hydrogen-bond acceptors (Lipinski definition) is 2. The minimum Gasteiger partial charge on any atom is -0.334 e. The zero-order valence-corrected chi connectivity index (χ0v) is 10.2. The van der Waals surface area contributed by atoms with Gasteiger partial charge in [-0.1, -0.05) is 11.6 Å². The van der Waals surface area contributed by atoms with Gasteiger partial charge in [0.2, 0.25) is 5.91 Å². The van der Waals surface area contributed by atoms with E-state index < -0.39 is 5.82 Å². The van der Waals surface area contributed by atoms with Gasteiger partial charge in [-0.3, -0.25) is 4.79 Å². The normalized spacial score (nSPS) is 24.5. The Kier molecular flexibility index (Phi) is 3.35. The second-order valence-electron chi connectivity index (χ2n) is 4.20. The van der Waals surface area contributed by atoms with Crippen molar-refractivity contribution in [2.75, 3.05) is 6.54 Å². The molecule has 2 atom stereocenters. The van der Waals surface area contributed by atoms with Crippen LogP contribution in [0.3, 0.4) is 0 Å². The standard InChI is InChI=1S/C12H14ClFN2O/c1-2-16-11(17)6-10(15)12(16)7-3-8(13)5-9(14)4-7/h3-5,10,12H,2,6,15H2,1H3/t10-,12+/m0/s1. The van der Waals surface area contributed by atoms with Gasteiger partial charge in [0.05, 0.1) is 6.04 Å². The van der Waals surface area contributed by atoms with E-state index in [1.165, 1.54) is 12.1 Å². The number of halogens is 2. The highest BCUT2D eigenvalue weighted by Crippen LogP contribution is 2.33. The maximum absolute atomic E-state index is 13.3. The lowest BCUT2D eigenvalue weighted by Gasteiger charge is -2.26. The Morgan fingerprint density at radius 1 is 1.53 bits per heavy atom. The molecular formula is C12H14ClFN2O. The first-order valence-electron chi connectivity index (χ1n) is 5.54. The third-order valence-corrected chi connectivity index (χ3v) is 3.26. The lowest BCUT2D eigenvalue weighted by molar-refractivity contribution is -0.128. The SMILES string of the molecule is CCN1C(=O)C[C@H](N)[C@H]1c1cc(F)cc(Cl)c1. The number of likely N-dealkylation sites (N-methyl/N-ethyl adjacent to an activating group) is 1. The molecule has 17 heavy (non-hydrogen) atoms. The minimum atomic E-state index is -0.407. The van der Waals surface area contributed by atoms with Crippen molar-refractivity contribution in [2.45, 2.75) is 25.4 Å². The molecule has 2 rings (SSSR count). The summed E-state index contributed by atoms with van der Waals surface area (Å²) in [5.41, 5.74) is 6.60. The number of rotatable bonds is 2. The Labute approximate surface area is 104 Å². The molecule has 1 aliphatic rings. The van der Waals surface area contributed by atoms with Gasteiger partial charge in [-0.2, -0.15) is 0 Å². The second-order valence-corrected chi connectivity index (χ2v) is 4.63. The van der Waals surface area contributed by atoms with E-state index in [4.69, 9.17) is 17.3 Å². The van der Waals surface area contributed by atoms with Gasteiger partial charge in [0.15, 0.2) is 0 Å². The van der Waals surface area contributed by atoms with Crippen molar-refractivity contribution in [3.05, 3.63) is 34.6 Å². The molecule has 0 aromatic heterocycles. The molecule has 2 N–H and O–H groups in total. The molecule has 0 aliphatic carbocycles. The van der Waals surface area contributed by atoms with Gasteiger partial charge in [-0.15, -0.1) is 0 Å². The maximum atomic E-state index is 13.3. The first-order valence-corrected chi connectivity index (χ1v) is 5.91. The Balaban J connectivity index is 2.40. The first kappa shape index (κ1) is 12.3. The highest BCUT2D eigenvalue weighted by atomic mass is 35.5. The molecule has 1 aliphatic heterocycles. The van der Waals surface area contributed by atoms with Gasteiger partial charge in [-0.25, -0.2) is 4.39 Å². The summed E-state index contributed by atoms with van der Waals surface area (Å²) in [5.74, 6) is -0.402. The smallest absolute Gasteiger partial charge is 0.224 e. The van der Waals surface area contributed by atoms with Gasteiger partial charge in [-0.05, 0) is 30.7 Å². The van der Waals surface area contributed by atoms with Crippen molar-refractivity contribution in [2.24, 2.45) is 5.73 Å². The van der Waals surface area contributed by atoms with Crippen LogP contribution in [0.4, 0.5) is 4.39 Å². The number of carbonyl (C=O) groups is 1. The number of hydrogen-bond donors (Lipinski definition) is 1. The predicted octanol–water partition coefficient (Wildman–Crippen LogP) is 2.10. The highest BCUT2D eigenvalue weighted by molar-refractivity contribution is 6.30. The fourth-order valence-electron chi connectivity index (χ4n) is 2.36. The fourth-order valence-corrected chi connectivity index (χ4v) is 2.59. The molecule has 1 saturated heterocycles. The summed E-state index contributed by atoms with van der Waals surface area (Å²) in [6.45, 7) is 2.44. The van der Waals surface area contributed by atoms with Crippen LogP contribution in [0.25, 0.3) is 0 Å². The van der Waals surface area contributed by atoms with E-state index in [1.807, 2.05) is 6.92 Å². The molecule has 0 spiro atoms. The molecule has 0 saturated carbocycles. The lowest BCUT2D eigenvalue weighted by Crippen LogP contribution is -2.32. The number of carbonyl (C=O) groups excluding carboxylic acids is 1. The summed E-state index contributed by atoms with van der Waals surface area (Å²) in [6, 6.07) is 3.71. The second kappa shape index (κ2) is 4.63. The summed E-state index contributed by atoms with van der Waals surface area (Å²) < 4.78 is 13.3. The summed E-state index contributed by atoms with van der Waals surface area (Å²) in [6.07, 6.45) is 0.298. The largest absolute Gasteiger partial charge is 0.334 e. The minimum absolute atomic E-state index is 0.00498. The molecular weight excluding hydrogens is 243 g/mol. The van der Waals surface area contributed by atoms with Crippen molar-refractivity contribution < 1.29 is 9.18 Å². The van der Waals surface area contributed by atoms with E-state index >= 15 is 0 Å². The molecule has 1 amide bonds. The topological polar surface area (TPSA) is 46.3 Å². The third kappa shape index (κ3) is 2.28. The summed E-state index contributed by atoms with van der Waals surface area (Å²) in [7, 11) is 0. The van der Waals surface area contributed by atoms with Crippen molar-refractivity contribution in [3.8, 4) is 0 Å². The molecule has 0 radical (unpaired) electrons. The van der Waals surface area contributed by atoms with E-state index in [0.29, 0.717) is 23.6 Å². The van der Waals surface area contributed by atoms with Crippen LogP contribution >= 0.6 is 11.6 Å². The zero-order valence-electron chi connectivity index (χ0n) is 9.49. The molecule has 1 aromatic rings. The molecule has 3 nitrogen and oxygen atoms in total. The van der Waals surface area contributed by atoms with Gasteiger partial charge >= 0.3 is 0 Å². The van der Waals surface area contributed by atoms with Crippen molar-refractivity contribution in [3.63, 3.8) is 0 Å². The van der Waals surface area contributed by atoms with Gasteiger partial charge in [0.1, 0.15) is 5.82 Å². The van der Waals surface area contributed by atoms with Crippen LogP contribution in [-0.2, 0) is 4.79 Å². The monoisotopic (exact) mass is 256 g/mol. The number of amides is 1. The molecule has 0 unspecified atom stereocenters. The number of benzene rings is 1. The van der Waals surface area contributed by atoms with E-state index in [-0.39, 0.29) is 18.0 Å². The van der Waals surface area contributed by atoms with Crippen LogP contribution in [0.2, 0.25) is 5.02 Å². The third-order valence-electron chi connectivity index (χ3n) is 3.04. The lowest BCUT2D eigenvalue weighted by atomic mass is 10.0. The maximum Gasteiger partial charge on any atom is 0.224 e. The molecule has 1 heterocycles. The van der Waals surface area contributed by atoms with Crippen molar-refractivity contribution >= 4 is 17.5 Å². The van der Waals surface area contributed by atoms with Gasteiger partial charge in [0, 0.05) is 24.0 Å². The first-order chi connectivity index (χ1) is 8.02.